The molecule has 31 heavy (non-hydrogen) atoms. The maximum Gasteiger partial charge on any atom is 0.332 e. The lowest BCUT2D eigenvalue weighted by Crippen LogP contribution is -2.38. The van der Waals surface area contributed by atoms with Crippen molar-refractivity contribution in [3.63, 3.8) is 0 Å². The van der Waals surface area contributed by atoms with Crippen LogP contribution in [0.15, 0.2) is 15.7 Å². The van der Waals surface area contributed by atoms with Crippen LogP contribution in [0.25, 0.3) is 0 Å². The van der Waals surface area contributed by atoms with Crippen molar-refractivity contribution in [3.05, 3.63) is 26.9 Å². The first kappa shape index (κ1) is 24.7. The summed E-state index contributed by atoms with van der Waals surface area (Å²) in [7, 11) is 2.96. The monoisotopic (exact) mass is 436 g/mol. The van der Waals surface area contributed by atoms with Gasteiger partial charge in [0.05, 0.1) is 6.42 Å². The highest BCUT2D eigenvalue weighted by Crippen LogP contribution is 2.35. The number of aromatic nitrogens is 2. The number of nitrogens with one attached hydrogen (secondary N) is 2. The summed E-state index contributed by atoms with van der Waals surface area (Å²) >= 11 is 0. The first-order valence-electron chi connectivity index (χ1n) is 11.1. The molecule has 1 saturated carbocycles. The highest BCUT2D eigenvalue weighted by atomic mass is 16.5. The predicted molar refractivity (Wildman–Crippen MR) is 119 cm³/mol. The van der Waals surface area contributed by atoms with Gasteiger partial charge >= 0.3 is 11.7 Å². The summed E-state index contributed by atoms with van der Waals surface area (Å²) in [6.45, 7) is 7.00. The standard InChI is InChI=1S/C22H36N4O5/c1-14(2)16-7-6-15(3)12-17(16)31-21(29)9-11-24-19(27)8-10-23-18-13-20(28)26(5)22(30)25(18)4/h13-17,23H,6-12H2,1-5H3,(H,24,27). The zero-order valence-corrected chi connectivity index (χ0v) is 19.3. The van der Waals surface area contributed by atoms with Crippen molar-refractivity contribution in [2.45, 2.75) is 59.0 Å². The van der Waals surface area contributed by atoms with Gasteiger partial charge in [0, 0.05) is 39.7 Å². The Morgan fingerprint density at radius 2 is 1.84 bits per heavy atom. The normalized spacial score (nSPS) is 21.0. The molecule has 0 saturated heterocycles. The molecule has 1 aromatic rings. The molecule has 1 aromatic heterocycles. The van der Waals surface area contributed by atoms with Crippen molar-refractivity contribution in [1.29, 1.82) is 0 Å². The van der Waals surface area contributed by atoms with Gasteiger partial charge in [-0.2, -0.15) is 0 Å². The van der Waals surface area contributed by atoms with Crippen LogP contribution in [0.1, 0.15) is 52.9 Å². The first-order valence-corrected chi connectivity index (χ1v) is 11.1. The van der Waals surface area contributed by atoms with Gasteiger partial charge in [0.1, 0.15) is 11.9 Å². The Morgan fingerprint density at radius 1 is 1.13 bits per heavy atom. The minimum absolute atomic E-state index is 0.0404. The van der Waals surface area contributed by atoms with Gasteiger partial charge in [-0.3, -0.25) is 23.5 Å². The zero-order chi connectivity index (χ0) is 23.1. The van der Waals surface area contributed by atoms with E-state index in [9.17, 15) is 19.2 Å². The third-order valence-electron chi connectivity index (χ3n) is 6.08. The molecule has 2 rings (SSSR count). The van der Waals surface area contributed by atoms with Gasteiger partial charge in [-0.1, -0.05) is 27.2 Å². The number of hydrogen-bond acceptors (Lipinski definition) is 6. The number of ether oxygens (including phenoxy) is 1. The number of carbonyl (C=O) groups is 2. The van der Waals surface area contributed by atoms with Crippen LogP contribution in [-0.2, 0) is 28.4 Å². The van der Waals surface area contributed by atoms with Crippen LogP contribution >= 0.6 is 0 Å². The van der Waals surface area contributed by atoms with Crippen LogP contribution in [-0.4, -0.2) is 40.2 Å². The lowest BCUT2D eigenvalue weighted by atomic mass is 9.75. The van der Waals surface area contributed by atoms with Crippen LogP contribution in [0.2, 0.25) is 0 Å². The molecule has 2 N–H and O–H groups in total. The van der Waals surface area contributed by atoms with E-state index in [4.69, 9.17) is 4.74 Å². The van der Waals surface area contributed by atoms with E-state index in [-0.39, 0.29) is 43.9 Å². The molecule has 1 amide bonds. The number of anilines is 1. The Bertz CT molecular complexity index is 889. The van der Waals surface area contributed by atoms with Gasteiger partial charge in [-0.15, -0.1) is 0 Å². The zero-order valence-electron chi connectivity index (χ0n) is 19.3. The third kappa shape index (κ3) is 6.97. The molecule has 0 aromatic carbocycles. The average molecular weight is 437 g/mol. The highest BCUT2D eigenvalue weighted by molar-refractivity contribution is 5.77. The van der Waals surface area contributed by atoms with Crippen LogP contribution in [0.5, 0.6) is 0 Å². The van der Waals surface area contributed by atoms with Gasteiger partial charge in [-0.05, 0) is 30.6 Å². The van der Waals surface area contributed by atoms with E-state index in [0.29, 0.717) is 23.6 Å². The molecule has 0 bridgehead atoms. The van der Waals surface area contributed by atoms with Crippen LogP contribution < -0.4 is 21.9 Å². The lowest BCUT2D eigenvalue weighted by molar-refractivity contribution is -0.155. The summed E-state index contributed by atoms with van der Waals surface area (Å²) < 4.78 is 8.05. The Balaban J connectivity index is 1.71. The Hall–Kier alpha value is -2.58. The fraction of sp³-hybridized carbons (Fsp3) is 0.727. The molecular weight excluding hydrogens is 400 g/mol. The van der Waals surface area contributed by atoms with Gasteiger partial charge in [-0.25, -0.2) is 4.79 Å². The summed E-state index contributed by atoms with van der Waals surface area (Å²) in [5.74, 6) is 1.28. The molecule has 174 valence electrons. The minimum atomic E-state index is -0.440. The maximum absolute atomic E-state index is 12.2. The largest absolute Gasteiger partial charge is 0.462 e. The number of amides is 1. The van der Waals surface area contributed by atoms with Gasteiger partial charge < -0.3 is 15.4 Å². The lowest BCUT2D eigenvalue weighted by Gasteiger charge is -2.36. The van der Waals surface area contributed by atoms with Crippen molar-refractivity contribution in [2.24, 2.45) is 31.8 Å². The second-order valence-electron chi connectivity index (χ2n) is 8.90. The number of hydrogen-bond donors (Lipinski definition) is 2. The van der Waals surface area contributed by atoms with E-state index in [0.717, 1.165) is 17.4 Å². The Labute approximate surface area is 183 Å². The quantitative estimate of drug-likeness (QED) is 0.566. The van der Waals surface area contributed by atoms with Crippen molar-refractivity contribution in [3.8, 4) is 0 Å². The fourth-order valence-electron chi connectivity index (χ4n) is 4.08. The van der Waals surface area contributed by atoms with E-state index >= 15 is 0 Å². The number of nitrogens with zero attached hydrogens (tertiary/aromatic N) is 2. The molecule has 3 atom stereocenters. The smallest absolute Gasteiger partial charge is 0.332 e. The first-order chi connectivity index (χ1) is 14.6. The van der Waals surface area contributed by atoms with Crippen molar-refractivity contribution in [1.82, 2.24) is 14.5 Å². The van der Waals surface area contributed by atoms with Gasteiger partial charge in [0.25, 0.3) is 5.56 Å². The summed E-state index contributed by atoms with van der Waals surface area (Å²) in [6.07, 6.45) is 3.40. The van der Waals surface area contributed by atoms with Crippen molar-refractivity contribution < 1.29 is 14.3 Å². The topological polar surface area (TPSA) is 111 Å². The SMILES string of the molecule is CC1CCC(C(C)C)C(OC(=O)CCNC(=O)CCNc2cc(=O)n(C)c(=O)n2C)C1. The maximum atomic E-state index is 12.2. The molecule has 1 fully saturated rings. The second-order valence-corrected chi connectivity index (χ2v) is 8.90. The minimum Gasteiger partial charge on any atom is -0.462 e. The van der Waals surface area contributed by atoms with E-state index < -0.39 is 11.2 Å². The number of carbonyl (C=O) groups excluding carboxylic acids is 2. The second kappa shape index (κ2) is 11.2. The van der Waals surface area contributed by atoms with E-state index in [1.54, 1.807) is 7.05 Å². The molecule has 0 radical (unpaired) electrons. The fourth-order valence-corrected chi connectivity index (χ4v) is 4.08. The molecule has 1 aliphatic rings. The molecule has 3 unspecified atom stereocenters. The van der Waals surface area contributed by atoms with Crippen molar-refractivity contribution in [2.75, 3.05) is 18.4 Å². The summed E-state index contributed by atoms with van der Waals surface area (Å²) in [5.41, 5.74) is -0.856. The summed E-state index contributed by atoms with van der Waals surface area (Å²) in [5, 5.41) is 5.63. The molecular formula is C22H36N4O5. The van der Waals surface area contributed by atoms with Crippen molar-refractivity contribution >= 4 is 17.7 Å². The summed E-state index contributed by atoms with van der Waals surface area (Å²) in [6, 6.07) is 1.31. The predicted octanol–water partition coefficient (Wildman–Crippen LogP) is 1.40. The van der Waals surface area contributed by atoms with E-state index in [2.05, 4.69) is 31.4 Å². The molecule has 0 aliphatic heterocycles. The van der Waals surface area contributed by atoms with Crippen LogP contribution in [0, 0.1) is 17.8 Å². The van der Waals surface area contributed by atoms with Gasteiger partial charge in [0.2, 0.25) is 5.91 Å². The van der Waals surface area contributed by atoms with Crippen LogP contribution in [0.3, 0.4) is 0 Å². The Morgan fingerprint density at radius 3 is 2.52 bits per heavy atom. The average Bonchev–Trinajstić information content (AvgIpc) is 2.70. The third-order valence-corrected chi connectivity index (χ3v) is 6.08. The number of esters is 1. The van der Waals surface area contributed by atoms with E-state index in [1.807, 2.05) is 0 Å². The number of rotatable bonds is 9. The summed E-state index contributed by atoms with van der Waals surface area (Å²) in [4.78, 5) is 47.9. The highest BCUT2D eigenvalue weighted by Gasteiger charge is 2.33. The molecule has 0 spiro atoms. The van der Waals surface area contributed by atoms with E-state index in [1.165, 1.54) is 24.1 Å². The molecule has 1 heterocycles. The molecule has 9 heteroatoms. The molecule has 1 aliphatic carbocycles. The Kier molecular flexibility index (Phi) is 8.88. The van der Waals surface area contributed by atoms with Gasteiger partial charge in [0.15, 0.2) is 0 Å². The molecule has 9 nitrogen and oxygen atoms in total. The van der Waals surface area contributed by atoms with Crippen LogP contribution in [0.4, 0.5) is 5.82 Å².